The Morgan fingerprint density at radius 2 is 1.92 bits per heavy atom. The van der Waals surface area contributed by atoms with Crippen molar-refractivity contribution in [3.05, 3.63) is 30.3 Å². The van der Waals surface area contributed by atoms with Gasteiger partial charge in [-0.1, -0.05) is 25.1 Å². The quantitative estimate of drug-likeness (QED) is 0.551. The van der Waals surface area contributed by atoms with Crippen LogP contribution in [0.1, 0.15) is 6.92 Å². The summed E-state index contributed by atoms with van der Waals surface area (Å²) in [5.41, 5.74) is 0. The minimum absolute atomic E-state index is 0.375. The third kappa shape index (κ3) is 7.40. The van der Waals surface area contributed by atoms with Crippen LogP contribution in [0.4, 0.5) is 0 Å². The first kappa shape index (κ1) is 12.0. The van der Waals surface area contributed by atoms with Crippen molar-refractivity contribution in [2.45, 2.75) is 11.8 Å². The predicted molar refractivity (Wildman–Crippen MR) is 55.9 cm³/mol. The number of carbonyl (C=O) groups excluding carboxylic acids is 1. The average molecular weight is 198 g/mol. The third-order valence-electron chi connectivity index (χ3n) is 1.15. The first-order valence-corrected chi connectivity index (χ1v) is 4.98. The summed E-state index contributed by atoms with van der Waals surface area (Å²) in [6.07, 6.45) is 0. The lowest BCUT2D eigenvalue weighted by Gasteiger charge is -1.93. The highest BCUT2D eigenvalue weighted by molar-refractivity contribution is 7.99. The van der Waals surface area contributed by atoms with Crippen LogP contribution < -0.4 is 0 Å². The molecule has 72 valence electrons. The maximum absolute atomic E-state index is 8.95. The van der Waals surface area contributed by atoms with Crippen molar-refractivity contribution in [2.75, 3.05) is 12.9 Å². The van der Waals surface area contributed by atoms with Gasteiger partial charge < -0.3 is 4.74 Å². The fourth-order valence-corrected chi connectivity index (χ4v) is 1.37. The molecule has 0 saturated heterocycles. The Labute approximate surface area is 83.3 Å². The molecule has 0 atom stereocenters. The molecule has 0 fully saturated rings. The highest BCUT2D eigenvalue weighted by atomic mass is 32.2. The summed E-state index contributed by atoms with van der Waals surface area (Å²) in [6.45, 7) is 2.54. The van der Waals surface area contributed by atoms with Gasteiger partial charge in [-0.15, -0.1) is 11.8 Å². The Kier molecular flexibility index (Phi) is 8.46. The molecule has 3 heteroatoms. The first-order chi connectivity index (χ1) is 6.35. The van der Waals surface area contributed by atoms with Gasteiger partial charge in [0, 0.05) is 4.90 Å². The molecule has 0 N–H and O–H groups in total. The number of hydrogen-bond acceptors (Lipinski definition) is 3. The SMILES string of the molecule is CCSc1ccccc1.COC=O. The number of benzene rings is 1. The lowest BCUT2D eigenvalue weighted by molar-refractivity contribution is -0.126. The van der Waals surface area contributed by atoms with E-state index in [9.17, 15) is 0 Å². The van der Waals surface area contributed by atoms with Crippen LogP contribution in [0, 0.1) is 0 Å². The molecule has 1 aromatic carbocycles. The molecular formula is C10H14O2S. The van der Waals surface area contributed by atoms with E-state index in [2.05, 4.69) is 35.9 Å². The Balaban J connectivity index is 0.000000310. The second kappa shape index (κ2) is 9.13. The minimum atomic E-state index is 0.375. The predicted octanol–water partition coefficient (Wildman–Crippen LogP) is 2.59. The van der Waals surface area contributed by atoms with Crippen molar-refractivity contribution < 1.29 is 9.53 Å². The summed E-state index contributed by atoms with van der Waals surface area (Å²) >= 11 is 1.88. The molecule has 0 aliphatic rings. The number of rotatable bonds is 3. The standard InChI is InChI=1S/C8H10S.C2H4O2/c1-2-9-8-6-4-3-5-7-8;1-4-2-3/h3-7H,2H2,1H3;2H,1H3. The van der Waals surface area contributed by atoms with E-state index in [0.29, 0.717) is 6.47 Å². The molecule has 0 amide bonds. The van der Waals surface area contributed by atoms with E-state index >= 15 is 0 Å². The molecule has 2 nitrogen and oxygen atoms in total. The Morgan fingerprint density at radius 1 is 1.38 bits per heavy atom. The van der Waals surface area contributed by atoms with Gasteiger partial charge in [-0.25, -0.2) is 0 Å². The van der Waals surface area contributed by atoms with Crippen LogP contribution in [-0.4, -0.2) is 19.3 Å². The van der Waals surface area contributed by atoms with Crippen LogP contribution in [0.3, 0.4) is 0 Å². The average Bonchev–Trinajstić information content (AvgIpc) is 2.20. The number of carbonyl (C=O) groups is 1. The molecule has 0 radical (unpaired) electrons. The van der Waals surface area contributed by atoms with Gasteiger partial charge in [-0.2, -0.15) is 0 Å². The van der Waals surface area contributed by atoms with Crippen LogP contribution in [0.15, 0.2) is 35.2 Å². The monoisotopic (exact) mass is 198 g/mol. The third-order valence-corrected chi connectivity index (χ3v) is 2.04. The van der Waals surface area contributed by atoms with Crippen LogP contribution in [0.2, 0.25) is 0 Å². The van der Waals surface area contributed by atoms with Gasteiger partial charge in [0.25, 0.3) is 6.47 Å². The molecule has 0 aromatic heterocycles. The Morgan fingerprint density at radius 3 is 2.31 bits per heavy atom. The van der Waals surface area contributed by atoms with Crippen molar-refractivity contribution in [1.29, 1.82) is 0 Å². The number of hydrogen-bond donors (Lipinski definition) is 0. The van der Waals surface area contributed by atoms with Gasteiger partial charge in [0.15, 0.2) is 0 Å². The second-order valence-electron chi connectivity index (χ2n) is 2.08. The number of methoxy groups -OCH3 is 1. The van der Waals surface area contributed by atoms with Crippen LogP contribution in [0.25, 0.3) is 0 Å². The maximum atomic E-state index is 8.95. The molecular weight excluding hydrogens is 184 g/mol. The van der Waals surface area contributed by atoms with Crippen LogP contribution >= 0.6 is 11.8 Å². The van der Waals surface area contributed by atoms with E-state index < -0.39 is 0 Å². The Hall–Kier alpha value is -0.960. The van der Waals surface area contributed by atoms with E-state index in [1.165, 1.54) is 12.0 Å². The smallest absolute Gasteiger partial charge is 0.292 e. The lowest BCUT2D eigenvalue weighted by atomic mass is 10.4. The van der Waals surface area contributed by atoms with Crippen molar-refractivity contribution in [2.24, 2.45) is 0 Å². The molecule has 13 heavy (non-hydrogen) atoms. The van der Waals surface area contributed by atoms with Gasteiger partial charge in [0.2, 0.25) is 0 Å². The van der Waals surface area contributed by atoms with E-state index in [4.69, 9.17) is 4.79 Å². The summed E-state index contributed by atoms with van der Waals surface area (Å²) in [5, 5.41) is 0. The van der Waals surface area contributed by atoms with Gasteiger partial charge in [-0.05, 0) is 17.9 Å². The molecule has 0 aliphatic carbocycles. The van der Waals surface area contributed by atoms with E-state index in [1.54, 1.807) is 0 Å². The zero-order valence-corrected chi connectivity index (χ0v) is 8.71. The summed E-state index contributed by atoms with van der Waals surface area (Å²) in [4.78, 5) is 10.3. The Bertz CT molecular complexity index is 211. The van der Waals surface area contributed by atoms with Crippen LogP contribution in [0.5, 0.6) is 0 Å². The van der Waals surface area contributed by atoms with Crippen molar-refractivity contribution in [3.8, 4) is 0 Å². The van der Waals surface area contributed by atoms with Gasteiger partial charge >= 0.3 is 0 Å². The highest BCUT2D eigenvalue weighted by Gasteiger charge is 1.84. The zero-order valence-electron chi connectivity index (χ0n) is 7.90. The summed E-state index contributed by atoms with van der Waals surface area (Å²) in [7, 11) is 1.31. The molecule has 0 heterocycles. The molecule has 1 aromatic rings. The number of ether oxygens (including phenoxy) is 1. The first-order valence-electron chi connectivity index (χ1n) is 3.99. The molecule has 0 aliphatic heterocycles. The van der Waals surface area contributed by atoms with Crippen molar-refractivity contribution in [3.63, 3.8) is 0 Å². The van der Waals surface area contributed by atoms with Crippen molar-refractivity contribution >= 4 is 18.2 Å². The van der Waals surface area contributed by atoms with Gasteiger partial charge in [0.05, 0.1) is 7.11 Å². The van der Waals surface area contributed by atoms with Crippen LogP contribution in [-0.2, 0) is 9.53 Å². The second-order valence-corrected chi connectivity index (χ2v) is 3.42. The minimum Gasteiger partial charge on any atom is -0.471 e. The molecule has 0 unspecified atom stereocenters. The molecule has 0 saturated carbocycles. The number of thioether (sulfide) groups is 1. The van der Waals surface area contributed by atoms with Gasteiger partial charge in [0.1, 0.15) is 0 Å². The molecule has 1 rings (SSSR count). The fraction of sp³-hybridized carbons (Fsp3) is 0.300. The van der Waals surface area contributed by atoms with E-state index in [-0.39, 0.29) is 0 Å². The normalized spacial score (nSPS) is 8.15. The van der Waals surface area contributed by atoms with Crippen molar-refractivity contribution in [1.82, 2.24) is 0 Å². The largest absolute Gasteiger partial charge is 0.471 e. The summed E-state index contributed by atoms with van der Waals surface area (Å²) < 4.78 is 3.86. The molecule has 0 bridgehead atoms. The fourth-order valence-electron chi connectivity index (χ4n) is 0.683. The summed E-state index contributed by atoms with van der Waals surface area (Å²) in [6, 6.07) is 10.4. The zero-order chi connectivity index (χ0) is 9.94. The maximum Gasteiger partial charge on any atom is 0.292 e. The summed E-state index contributed by atoms with van der Waals surface area (Å²) in [5.74, 6) is 1.16. The molecule has 0 spiro atoms. The topological polar surface area (TPSA) is 26.3 Å². The van der Waals surface area contributed by atoms with E-state index in [0.717, 1.165) is 5.75 Å². The lowest BCUT2D eigenvalue weighted by Crippen LogP contribution is -1.68. The van der Waals surface area contributed by atoms with Gasteiger partial charge in [-0.3, -0.25) is 4.79 Å². The highest BCUT2D eigenvalue weighted by Crippen LogP contribution is 2.15. The van der Waals surface area contributed by atoms with E-state index in [1.807, 2.05) is 17.8 Å².